The van der Waals surface area contributed by atoms with Crippen molar-refractivity contribution >= 4 is 42.6 Å². The zero-order valence-corrected chi connectivity index (χ0v) is 14.4. The second-order valence-corrected chi connectivity index (χ2v) is 7.12. The molecule has 0 heterocycles. The van der Waals surface area contributed by atoms with Gasteiger partial charge >= 0.3 is 0 Å². The molecule has 2 heteroatoms. The van der Waals surface area contributed by atoms with Gasteiger partial charge in [0.25, 0.3) is 0 Å². The van der Waals surface area contributed by atoms with E-state index in [1.54, 1.807) is 0 Å². The van der Waals surface area contributed by atoms with E-state index in [1.807, 2.05) is 0 Å². The normalized spacial score (nSPS) is 11.8. The van der Waals surface area contributed by atoms with Crippen molar-refractivity contribution < 1.29 is 0 Å². The van der Waals surface area contributed by atoms with E-state index in [1.165, 1.54) is 30.8 Å². The van der Waals surface area contributed by atoms with Crippen molar-refractivity contribution in [2.24, 2.45) is 0 Å². The number of rotatable bonds is 2. The van der Waals surface area contributed by atoms with Gasteiger partial charge in [0.1, 0.15) is 0 Å². The van der Waals surface area contributed by atoms with Crippen LogP contribution < -0.4 is 0 Å². The highest BCUT2D eigenvalue weighted by Crippen LogP contribution is 2.35. The van der Waals surface area contributed by atoms with Gasteiger partial charge in [-0.25, -0.2) is 0 Å². The molecule has 0 fully saturated rings. The van der Waals surface area contributed by atoms with Crippen molar-refractivity contribution in [1.82, 2.24) is 0 Å². The summed E-state index contributed by atoms with van der Waals surface area (Å²) in [6.45, 7) is 8.90. The fourth-order valence-electron chi connectivity index (χ4n) is 2.08. The Morgan fingerprint density at radius 3 is 1.28 bits per heavy atom. The first-order valence-corrected chi connectivity index (χ1v) is 7.91. The van der Waals surface area contributed by atoms with Gasteiger partial charge in [0.15, 0.2) is 0 Å². The zero-order valence-electron chi connectivity index (χ0n) is 11.2. The van der Waals surface area contributed by atoms with Crippen LogP contribution in [0, 0.1) is 0 Å². The maximum Gasteiger partial charge on any atom is 0.0257 e. The van der Waals surface area contributed by atoms with Gasteiger partial charge in [0.2, 0.25) is 0 Å². The van der Waals surface area contributed by atoms with Gasteiger partial charge < -0.3 is 0 Å². The molecule has 0 aliphatic carbocycles. The molecule has 0 saturated carbocycles. The summed E-state index contributed by atoms with van der Waals surface area (Å²) in [5.41, 5.74) is 2.74. The van der Waals surface area contributed by atoms with Gasteiger partial charge in [-0.15, -0.1) is 0 Å². The Kier molecular flexibility index (Phi) is 4.18. The van der Waals surface area contributed by atoms with Crippen LogP contribution in [-0.2, 0) is 0 Å². The maximum atomic E-state index is 3.71. The molecule has 0 amide bonds. The van der Waals surface area contributed by atoms with Crippen LogP contribution in [0.1, 0.15) is 50.7 Å². The molecule has 18 heavy (non-hydrogen) atoms. The quantitative estimate of drug-likeness (QED) is 0.558. The molecule has 0 unspecified atom stereocenters. The van der Waals surface area contributed by atoms with Crippen LogP contribution >= 0.6 is 31.9 Å². The van der Waals surface area contributed by atoms with Gasteiger partial charge in [-0.2, -0.15) is 0 Å². The lowest BCUT2D eigenvalue weighted by atomic mass is 9.95. The Morgan fingerprint density at radius 1 is 0.667 bits per heavy atom. The Labute approximate surface area is 126 Å². The topological polar surface area (TPSA) is 0 Å². The smallest absolute Gasteiger partial charge is 0.0257 e. The van der Waals surface area contributed by atoms with Gasteiger partial charge in [-0.1, -0.05) is 59.6 Å². The summed E-state index contributed by atoms with van der Waals surface area (Å²) in [5.74, 6) is 1.09. The SMILES string of the molecule is CC(C)c1cc(Br)c2cc(C(C)C)cc(Br)c2c1. The molecule has 0 atom stereocenters. The molecule has 0 bridgehead atoms. The monoisotopic (exact) mass is 368 g/mol. The van der Waals surface area contributed by atoms with Crippen molar-refractivity contribution in [3.63, 3.8) is 0 Å². The minimum Gasteiger partial charge on any atom is -0.0587 e. The van der Waals surface area contributed by atoms with Gasteiger partial charge in [-0.3, -0.25) is 0 Å². The highest BCUT2D eigenvalue weighted by atomic mass is 79.9. The predicted molar refractivity (Wildman–Crippen MR) is 87.5 cm³/mol. The summed E-state index contributed by atoms with van der Waals surface area (Å²) < 4.78 is 2.37. The molecule has 0 aliphatic rings. The average molecular weight is 370 g/mol. The van der Waals surface area contributed by atoms with Crippen LogP contribution in [0.2, 0.25) is 0 Å². The Hall–Kier alpha value is -0.340. The summed E-state index contributed by atoms with van der Waals surface area (Å²) >= 11 is 7.43. The fraction of sp³-hybridized carbons (Fsp3) is 0.375. The van der Waals surface area contributed by atoms with E-state index in [9.17, 15) is 0 Å². The molecule has 2 rings (SSSR count). The first kappa shape index (κ1) is 14.1. The molecule has 0 aromatic heterocycles. The molecule has 0 spiro atoms. The molecule has 0 nitrogen and oxygen atoms in total. The Morgan fingerprint density at radius 2 is 1.00 bits per heavy atom. The third-order valence-corrected chi connectivity index (χ3v) is 4.66. The molecular weight excluding hydrogens is 352 g/mol. The third kappa shape index (κ3) is 2.65. The second-order valence-electron chi connectivity index (χ2n) is 5.41. The number of fused-ring (bicyclic) bond motifs is 1. The standard InChI is InChI=1S/C16H18Br2/c1-9(2)11-5-13-14(15(17)7-11)6-12(10(3)4)8-16(13)18/h5-10H,1-4H3. The number of benzene rings is 2. The van der Waals surface area contributed by atoms with E-state index < -0.39 is 0 Å². The highest BCUT2D eigenvalue weighted by molar-refractivity contribution is 9.11. The van der Waals surface area contributed by atoms with E-state index in [-0.39, 0.29) is 0 Å². The van der Waals surface area contributed by atoms with E-state index in [4.69, 9.17) is 0 Å². The first-order chi connectivity index (χ1) is 8.40. The van der Waals surface area contributed by atoms with E-state index in [0.29, 0.717) is 11.8 Å². The lowest BCUT2D eigenvalue weighted by Gasteiger charge is -2.13. The van der Waals surface area contributed by atoms with Crippen LogP contribution in [0.15, 0.2) is 33.2 Å². The van der Waals surface area contributed by atoms with Crippen molar-refractivity contribution in [1.29, 1.82) is 0 Å². The summed E-state index contributed by atoms with van der Waals surface area (Å²) in [5, 5.41) is 2.58. The van der Waals surface area contributed by atoms with Crippen LogP contribution in [0.3, 0.4) is 0 Å². The van der Waals surface area contributed by atoms with Crippen molar-refractivity contribution in [2.45, 2.75) is 39.5 Å². The van der Waals surface area contributed by atoms with Gasteiger partial charge in [-0.05, 0) is 58.0 Å². The number of hydrogen-bond donors (Lipinski definition) is 0. The zero-order chi connectivity index (χ0) is 13.4. The summed E-state index contributed by atoms with van der Waals surface area (Å²) in [7, 11) is 0. The minimum atomic E-state index is 0.544. The highest BCUT2D eigenvalue weighted by Gasteiger charge is 2.10. The predicted octanol–water partition coefficient (Wildman–Crippen LogP) is 6.61. The lowest BCUT2D eigenvalue weighted by molar-refractivity contribution is 0.864. The van der Waals surface area contributed by atoms with E-state index >= 15 is 0 Å². The average Bonchev–Trinajstić information content (AvgIpc) is 2.29. The second kappa shape index (κ2) is 5.34. The van der Waals surface area contributed by atoms with Crippen LogP contribution in [0.5, 0.6) is 0 Å². The molecule has 2 aromatic rings. The first-order valence-electron chi connectivity index (χ1n) is 6.32. The van der Waals surface area contributed by atoms with Crippen LogP contribution in [-0.4, -0.2) is 0 Å². The molecule has 0 aliphatic heterocycles. The third-order valence-electron chi connectivity index (χ3n) is 3.35. The van der Waals surface area contributed by atoms with Crippen LogP contribution in [0.25, 0.3) is 10.8 Å². The minimum absolute atomic E-state index is 0.544. The largest absolute Gasteiger partial charge is 0.0587 e. The summed E-state index contributed by atoms with van der Waals surface area (Å²) in [6, 6.07) is 9.06. The molecule has 0 saturated heterocycles. The van der Waals surface area contributed by atoms with Gasteiger partial charge in [0.05, 0.1) is 0 Å². The number of hydrogen-bond acceptors (Lipinski definition) is 0. The van der Waals surface area contributed by atoms with Crippen LogP contribution in [0.4, 0.5) is 0 Å². The molecule has 0 radical (unpaired) electrons. The Balaban J connectivity index is 2.75. The van der Waals surface area contributed by atoms with E-state index in [0.717, 1.165) is 0 Å². The molecule has 2 aromatic carbocycles. The summed E-state index contributed by atoms with van der Waals surface area (Å²) in [4.78, 5) is 0. The molecule has 0 N–H and O–H groups in total. The van der Waals surface area contributed by atoms with Crippen molar-refractivity contribution in [3.05, 3.63) is 44.3 Å². The number of halogens is 2. The van der Waals surface area contributed by atoms with Gasteiger partial charge in [0, 0.05) is 8.95 Å². The van der Waals surface area contributed by atoms with E-state index in [2.05, 4.69) is 83.8 Å². The van der Waals surface area contributed by atoms with Crippen molar-refractivity contribution in [2.75, 3.05) is 0 Å². The molecule has 96 valence electrons. The molecular formula is C16H18Br2. The fourth-order valence-corrected chi connectivity index (χ4v) is 3.27. The maximum absolute atomic E-state index is 3.71. The van der Waals surface area contributed by atoms with Crippen molar-refractivity contribution in [3.8, 4) is 0 Å². The summed E-state index contributed by atoms with van der Waals surface area (Å²) in [6.07, 6.45) is 0. The lowest BCUT2D eigenvalue weighted by Crippen LogP contribution is -1.92. The Bertz CT molecular complexity index is 530.